The Labute approximate surface area is 113 Å². The minimum absolute atomic E-state index is 0.571. The molecule has 0 bridgehead atoms. The third kappa shape index (κ3) is 6.08. The molecule has 2 nitrogen and oxygen atoms in total. The first-order valence-electron chi connectivity index (χ1n) is 6.38. The molecule has 0 aliphatic heterocycles. The number of nitrogens with one attached hydrogen (secondary N) is 1. The molecule has 0 radical (unpaired) electrons. The van der Waals surface area contributed by atoms with Crippen molar-refractivity contribution in [2.24, 2.45) is 0 Å². The van der Waals surface area contributed by atoms with Crippen LogP contribution in [0, 0.1) is 0 Å². The Balaban J connectivity index is 2.26. The van der Waals surface area contributed by atoms with Crippen molar-refractivity contribution >= 4 is 15.9 Å². The van der Waals surface area contributed by atoms with Crippen molar-refractivity contribution in [1.82, 2.24) is 5.32 Å². The SMILES string of the molecule is CCCNC(CC)CCOc1cccc(Br)c1. The van der Waals surface area contributed by atoms with E-state index < -0.39 is 0 Å². The molecular formula is C14H22BrNO. The van der Waals surface area contributed by atoms with Crippen molar-refractivity contribution < 1.29 is 4.74 Å². The smallest absolute Gasteiger partial charge is 0.120 e. The summed E-state index contributed by atoms with van der Waals surface area (Å²) in [6.45, 7) is 6.27. The molecule has 1 aromatic rings. The lowest BCUT2D eigenvalue weighted by Gasteiger charge is -2.16. The van der Waals surface area contributed by atoms with Gasteiger partial charge < -0.3 is 10.1 Å². The highest BCUT2D eigenvalue weighted by atomic mass is 79.9. The predicted molar refractivity (Wildman–Crippen MR) is 76.6 cm³/mol. The minimum Gasteiger partial charge on any atom is -0.493 e. The third-order valence-corrected chi connectivity index (χ3v) is 3.20. The van der Waals surface area contributed by atoms with Crippen LogP contribution >= 0.6 is 15.9 Å². The molecule has 1 unspecified atom stereocenters. The molecule has 0 fully saturated rings. The molecule has 96 valence electrons. The van der Waals surface area contributed by atoms with E-state index in [4.69, 9.17) is 4.74 Å². The van der Waals surface area contributed by atoms with Gasteiger partial charge in [0.1, 0.15) is 5.75 Å². The van der Waals surface area contributed by atoms with Gasteiger partial charge in [-0.3, -0.25) is 0 Å². The maximum absolute atomic E-state index is 5.73. The van der Waals surface area contributed by atoms with Crippen molar-refractivity contribution in [2.45, 2.75) is 39.2 Å². The normalized spacial score (nSPS) is 12.4. The maximum Gasteiger partial charge on any atom is 0.120 e. The van der Waals surface area contributed by atoms with Gasteiger partial charge in [-0.2, -0.15) is 0 Å². The Kier molecular flexibility index (Phi) is 7.29. The zero-order valence-electron chi connectivity index (χ0n) is 10.7. The van der Waals surface area contributed by atoms with Crippen LogP contribution in [0.5, 0.6) is 5.75 Å². The highest BCUT2D eigenvalue weighted by Crippen LogP contribution is 2.18. The number of ether oxygens (including phenoxy) is 1. The molecule has 0 saturated heterocycles. The van der Waals surface area contributed by atoms with Crippen molar-refractivity contribution in [3.63, 3.8) is 0 Å². The molecule has 0 heterocycles. The minimum atomic E-state index is 0.571. The van der Waals surface area contributed by atoms with Gasteiger partial charge in [0.05, 0.1) is 6.61 Å². The van der Waals surface area contributed by atoms with Crippen LogP contribution in [-0.2, 0) is 0 Å². The number of halogens is 1. The monoisotopic (exact) mass is 299 g/mol. The van der Waals surface area contributed by atoms with Gasteiger partial charge in [0.25, 0.3) is 0 Å². The van der Waals surface area contributed by atoms with Gasteiger partial charge in [-0.15, -0.1) is 0 Å². The Morgan fingerprint density at radius 3 is 2.82 bits per heavy atom. The van der Waals surface area contributed by atoms with Gasteiger partial charge in [-0.05, 0) is 44.0 Å². The first-order chi connectivity index (χ1) is 8.26. The fraction of sp³-hybridized carbons (Fsp3) is 0.571. The lowest BCUT2D eigenvalue weighted by molar-refractivity contribution is 0.283. The number of hydrogen-bond acceptors (Lipinski definition) is 2. The molecule has 3 heteroatoms. The Morgan fingerprint density at radius 1 is 1.35 bits per heavy atom. The van der Waals surface area contributed by atoms with Gasteiger partial charge in [0.15, 0.2) is 0 Å². The van der Waals surface area contributed by atoms with E-state index in [-0.39, 0.29) is 0 Å². The Bertz CT molecular complexity index is 317. The first kappa shape index (κ1) is 14.5. The number of hydrogen-bond donors (Lipinski definition) is 1. The maximum atomic E-state index is 5.73. The second kappa shape index (κ2) is 8.54. The Morgan fingerprint density at radius 2 is 2.18 bits per heavy atom. The van der Waals surface area contributed by atoms with Crippen LogP contribution in [0.2, 0.25) is 0 Å². The molecular weight excluding hydrogens is 278 g/mol. The summed E-state index contributed by atoms with van der Waals surface area (Å²) in [6.07, 6.45) is 3.40. The lowest BCUT2D eigenvalue weighted by Crippen LogP contribution is -2.30. The van der Waals surface area contributed by atoms with Crippen molar-refractivity contribution in [2.75, 3.05) is 13.2 Å². The van der Waals surface area contributed by atoms with Gasteiger partial charge in [0.2, 0.25) is 0 Å². The molecule has 1 N–H and O–H groups in total. The van der Waals surface area contributed by atoms with E-state index in [2.05, 4.69) is 35.1 Å². The van der Waals surface area contributed by atoms with Crippen LogP contribution in [-0.4, -0.2) is 19.2 Å². The summed E-state index contributed by atoms with van der Waals surface area (Å²) in [5, 5.41) is 3.53. The summed E-state index contributed by atoms with van der Waals surface area (Å²) >= 11 is 3.44. The molecule has 0 saturated carbocycles. The standard InChI is InChI=1S/C14H22BrNO/c1-3-9-16-13(4-2)8-10-17-14-7-5-6-12(15)11-14/h5-7,11,13,16H,3-4,8-10H2,1-2H3. The van der Waals surface area contributed by atoms with E-state index in [1.54, 1.807) is 0 Å². The summed E-state index contributed by atoms with van der Waals surface area (Å²) in [5.74, 6) is 0.935. The molecule has 17 heavy (non-hydrogen) atoms. The van der Waals surface area contributed by atoms with Gasteiger partial charge >= 0.3 is 0 Å². The number of rotatable bonds is 8. The van der Waals surface area contributed by atoms with E-state index >= 15 is 0 Å². The summed E-state index contributed by atoms with van der Waals surface area (Å²) in [7, 11) is 0. The van der Waals surface area contributed by atoms with Crippen LogP contribution in [0.1, 0.15) is 33.1 Å². The summed E-state index contributed by atoms with van der Waals surface area (Å²) in [6, 6.07) is 8.56. The molecule has 0 aromatic heterocycles. The molecule has 0 aliphatic rings. The first-order valence-corrected chi connectivity index (χ1v) is 7.17. The quantitative estimate of drug-likeness (QED) is 0.783. The second-order valence-corrected chi connectivity index (χ2v) is 5.07. The largest absolute Gasteiger partial charge is 0.493 e. The Hall–Kier alpha value is -0.540. The van der Waals surface area contributed by atoms with Crippen LogP contribution in [0.15, 0.2) is 28.7 Å². The second-order valence-electron chi connectivity index (χ2n) is 4.15. The van der Waals surface area contributed by atoms with Crippen molar-refractivity contribution in [3.05, 3.63) is 28.7 Å². The molecule has 1 aromatic carbocycles. The average Bonchev–Trinajstić information content (AvgIpc) is 2.33. The molecule has 1 atom stereocenters. The van der Waals surface area contributed by atoms with Crippen LogP contribution < -0.4 is 10.1 Å². The van der Waals surface area contributed by atoms with E-state index in [1.165, 1.54) is 6.42 Å². The van der Waals surface area contributed by atoms with E-state index in [9.17, 15) is 0 Å². The highest BCUT2D eigenvalue weighted by molar-refractivity contribution is 9.10. The van der Waals surface area contributed by atoms with E-state index in [0.717, 1.165) is 36.2 Å². The topological polar surface area (TPSA) is 21.3 Å². The van der Waals surface area contributed by atoms with Crippen LogP contribution in [0.25, 0.3) is 0 Å². The zero-order valence-corrected chi connectivity index (χ0v) is 12.3. The van der Waals surface area contributed by atoms with Crippen molar-refractivity contribution in [1.29, 1.82) is 0 Å². The van der Waals surface area contributed by atoms with E-state index in [1.807, 2.05) is 24.3 Å². The van der Waals surface area contributed by atoms with Gasteiger partial charge in [-0.25, -0.2) is 0 Å². The highest BCUT2D eigenvalue weighted by Gasteiger charge is 2.04. The number of benzene rings is 1. The fourth-order valence-electron chi connectivity index (χ4n) is 1.67. The van der Waals surface area contributed by atoms with Gasteiger partial charge in [0, 0.05) is 10.5 Å². The van der Waals surface area contributed by atoms with Crippen molar-refractivity contribution in [3.8, 4) is 5.75 Å². The summed E-state index contributed by atoms with van der Waals surface area (Å²) in [4.78, 5) is 0. The van der Waals surface area contributed by atoms with Gasteiger partial charge in [-0.1, -0.05) is 35.8 Å². The third-order valence-electron chi connectivity index (χ3n) is 2.71. The average molecular weight is 300 g/mol. The fourth-order valence-corrected chi connectivity index (χ4v) is 2.05. The zero-order chi connectivity index (χ0) is 12.5. The van der Waals surface area contributed by atoms with Crippen LogP contribution in [0.3, 0.4) is 0 Å². The summed E-state index contributed by atoms with van der Waals surface area (Å²) in [5.41, 5.74) is 0. The molecule has 1 rings (SSSR count). The molecule has 0 aliphatic carbocycles. The van der Waals surface area contributed by atoms with Crippen LogP contribution in [0.4, 0.5) is 0 Å². The summed E-state index contributed by atoms with van der Waals surface area (Å²) < 4.78 is 6.79. The van der Waals surface area contributed by atoms with E-state index in [0.29, 0.717) is 6.04 Å². The molecule has 0 amide bonds. The predicted octanol–water partition coefficient (Wildman–Crippen LogP) is 4.00. The lowest BCUT2D eigenvalue weighted by atomic mass is 10.1. The molecule has 0 spiro atoms.